The molecule has 0 radical (unpaired) electrons. The van der Waals surface area contributed by atoms with E-state index in [0.29, 0.717) is 31.7 Å². The summed E-state index contributed by atoms with van der Waals surface area (Å²) >= 11 is 15.1. The Balaban J connectivity index is 2.33. The summed E-state index contributed by atoms with van der Waals surface area (Å²) in [6, 6.07) is 4.95. The molecule has 0 aliphatic heterocycles. The highest BCUT2D eigenvalue weighted by atomic mass is 79.9. The summed E-state index contributed by atoms with van der Waals surface area (Å²) in [5.74, 6) is 0.993. The van der Waals surface area contributed by atoms with E-state index >= 15 is 0 Å². The number of hydrogen-bond donors (Lipinski definition) is 1. The Labute approximate surface area is 117 Å². The van der Waals surface area contributed by atoms with Crippen LogP contribution in [0.25, 0.3) is 0 Å². The van der Waals surface area contributed by atoms with Gasteiger partial charge in [-0.15, -0.1) is 0 Å². The van der Waals surface area contributed by atoms with Gasteiger partial charge < -0.3 is 10.5 Å². The number of nitrogens with zero attached hydrogens (tertiary/aromatic N) is 1. The smallest absolute Gasteiger partial charge is 0.147 e. The molecule has 17 heavy (non-hydrogen) atoms. The maximum atomic E-state index is 6.01. The van der Waals surface area contributed by atoms with E-state index in [0.717, 1.165) is 0 Å². The molecule has 1 aromatic carbocycles. The molecule has 0 unspecified atom stereocenters. The van der Waals surface area contributed by atoms with Crippen molar-refractivity contribution in [2.45, 2.75) is 0 Å². The zero-order chi connectivity index (χ0) is 12.4. The first-order valence-electron chi connectivity index (χ1n) is 4.59. The van der Waals surface area contributed by atoms with Gasteiger partial charge in [0.1, 0.15) is 11.5 Å². The molecule has 2 N–H and O–H groups in total. The van der Waals surface area contributed by atoms with Crippen molar-refractivity contribution in [3.63, 3.8) is 0 Å². The zero-order valence-corrected chi connectivity index (χ0v) is 11.6. The fraction of sp³-hybridized carbons (Fsp3) is 0. The molecule has 88 valence electrons. The van der Waals surface area contributed by atoms with Crippen LogP contribution in [0.5, 0.6) is 11.5 Å². The van der Waals surface area contributed by atoms with Crippen LogP contribution in [0.15, 0.2) is 35.1 Å². The lowest BCUT2D eigenvalue weighted by Gasteiger charge is -2.09. The molecule has 0 atom stereocenters. The molecule has 2 rings (SSSR count). The number of benzene rings is 1. The number of nitrogen functional groups attached to an aromatic ring is 1. The van der Waals surface area contributed by atoms with Crippen molar-refractivity contribution in [3.8, 4) is 11.5 Å². The number of aromatic nitrogens is 1. The Morgan fingerprint density at radius 2 is 1.94 bits per heavy atom. The molecular weight excluding hydrogens is 327 g/mol. The lowest BCUT2D eigenvalue weighted by Crippen LogP contribution is -1.90. The molecule has 1 heterocycles. The van der Waals surface area contributed by atoms with Gasteiger partial charge in [0, 0.05) is 22.4 Å². The second kappa shape index (κ2) is 5.12. The van der Waals surface area contributed by atoms with Crippen LogP contribution in [-0.2, 0) is 0 Å². The molecule has 6 heteroatoms. The van der Waals surface area contributed by atoms with Gasteiger partial charge in [0.25, 0.3) is 0 Å². The van der Waals surface area contributed by atoms with Crippen molar-refractivity contribution in [1.29, 1.82) is 0 Å². The van der Waals surface area contributed by atoms with Crippen LogP contribution in [0, 0.1) is 0 Å². The third-order valence-electron chi connectivity index (χ3n) is 1.96. The molecule has 0 saturated heterocycles. The van der Waals surface area contributed by atoms with Crippen molar-refractivity contribution >= 4 is 44.8 Å². The highest BCUT2D eigenvalue weighted by molar-refractivity contribution is 9.10. The zero-order valence-electron chi connectivity index (χ0n) is 8.45. The van der Waals surface area contributed by atoms with Gasteiger partial charge >= 0.3 is 0 Å². The number of rotatable bonds is 2. The van der Waals surface area contributed by atoms with E-state index in [9.17, 15) is 0 Å². The van der Waals surface area contributed by atoms with Crippen molar-refractivity contribution in [2.24, 2.45) is 0 Å². The molecule has 0 spiro atoms. The van der Waals surface area contributed by atoms with E-state index in [1.807, 2.05) is 0 Å². The number of nitrogens with two attached hydrogens (primary N) is 1. The topological polar surface area (TPSA) is 48.1 Å². The van der Waals surface area contributed by atoms with Gasteiger partial charge in [0.2, 0.25) is 0 Å². The summed E-state index contributed by atoms with van der Waals surface area (Å²) < 4.78 is 6.28. The summed E-state index contributed by atoms with van der Waals surface area (Å²) in [4.78, 5) is 3.91. The van der Waals surface area contributed by atoms with Gasteiger partial charge in [-0.25, -0.2) is 0 Å². The largest absolute Gasteiger partial charge is 0.454 e. The van der Waals surface area contributed by atoms with Gasteiger partial charge in [-0.1, -0.05) is 23.2 Å². The van der Waals surface area contributed by atoms with Crippen molar-refractivity contribution in [2.75, 3.05) is 5.73 Å². The van der Waals surface area contributed by atoms with Crippen molar-refractivity contribution in [3.05, 3.63) is 45.1 Å². The monoisotopic (exact) mass is 332 g/mol. The summed E-state index contributed by atoms with van der Waals surface area (Å²) in [7, 11) is 0. The number of anilines is 1. The van der Waals surface area contributed by atoms with Gasteiger partial charge in [-0.05, 0) is 28.1 Å². The first-order chi connectivity index (χ1) is 8.06. The maximum absolute atomic E-state index is 6.01. The van der Waals surface area contributed by atoms with Crippen LogP contribution in [0.1, 0.15) is 0 Å². The van der Waals surface area contributed by atoms with E-state index in [1.54, 1.807) is 24.4 Å². The number of pyridine rings is 1. The van der Waals surface area contributed by atoms with Crippen LogP contribution < -0.4 is 10.5 Å². The average Bonchev–Trinajstić information content (AvgIpc) is 2.26. The van der Waals surface area contributed by atoms with E-state index in [-0.39, 0.29) is 0 Å². The lowest BCUT2D eigenvalue weighted by molar-refractivity contribution is 0.480. The van der Waals surface area contributed by atoms with Crippen LogP contribution in [0.2, 0.25) is 10.0 Å². The molecular formula is C11H7BrCl2N2O. The Kier molecular flexibility index (Phi) is 3.76. The highest BCUT2D eigenvalue weighted by Gasteiger charge is 2.07. The molecule has 0 aliphatic rings. The molecule has 0 saturated carbocycles. The highest BCUT2D eigenvalue weighted by Crippen LogP contribution is 2.35. The van der Waals surface area contributed by atoms with Gasteiger partial charge in [-0.3, -0.25) is 4.98 Å². The first kappa shape index (κ1) is 12.5. The fourth-order valence-electron chi connectivity index (χ4n) is 1.20. The molecule has 0 bridgehead atoms. The summed E-state index contributed by atoms with van der Waals surface area (Å²) in [6.07, 6.45) is 3.07. The Morgan fingerprint density at radius 1 is 1.18 bits per heavy atom. The van der Waals surface area contributed by atoms with Crippen LogP contribution in [0.3, 0.4) is 0 Å². The van der Waals surface area contributed by atoms with E-state index in [1.165, 1.54) is 6.20 Å². The summed E-state index contributed by atoms with van der Waals surface area (Å²) in [5, 5.41) is 0.916. The molecule has 0 amide bonds. The Bertz CT molecular complexity index is 563. The number of hydrogen-bond acceptors (Lipinski definition) is 3. The minimum atomic E-state index is 0.422. The average molecular weight is 334 g/mol. The third kappa shape index (κ3) is 3.03. The van der Waals surface area contributed by atoms with E-state index in [2.05, 4.69) is 20.9 Å². The fourth-order valence-corrected chi connectivity index (χ4v) is 1.89. The molecule has 0 aliphatic carbocycles. The van der Waals surface area contributed by atoms with Crippen molar-refractivity contribution in [1.82, 2.24) is 4.98 Å². The lowest BCUT2D eigenvalue weighted by atomic mass is 10.3. The summed E-state index contributed by atoms with van der Waals surface area (Å²) in [6.45, 7) is 0. The van der Waals surface area contributed by atoms with Crippen LogP contribution in [-0.4, -0.2) is 4.98 Å². The van der Waals surface area contributed by atoms with Crippen LogP contribution >= 0.6 is 39.1 Å². The molecule has 3 nitrogen and oxygen atoms in total. The standard InChI is InChI=1S/C11H7BrCl2N2O/c12-8-2-11(9(14)3-10(8)15)17-7-1-6(13)4-16-5-7/h1-5H,15H2. The first-order valence-corrected chi connectivity index (χ1v) is 6.14. The summed E-state index contributed by atoms with van der Waals surface area (Å²) in [5.41, 5.74) is 6.23. The van der Waals surface area contributed by atoms with E-state index in [4.69, 9.17) is 33.7 Å². The van der Waals surface area contributed by atoms with Gasteiger partial charge in [-0.2, -0.15) is 0 Å². The predicted octanol–water partition coefficient (Wildman–Crippen LogP) is 4.53. The number of halogens is 3. The molecule has 2 aromatic rings. The minimum Gasteiger partial charge on any atom is -0.454 e. The number of ether oxygens (including phenoxy) is 1. The normalized spacial score (nSPS) is 10.3. The molecule has 0 fully saturated rings. The predicted molar refractivity (Wildman–Crippen MR) is 72.9 cm³/mol. The minimum absolute atomic E-state index is 0.422. The van der Waals surface area contributed by atoms with Crippen molar-refractivity contribution < 1.29 is 4.74 Å². The Morgan fingerprint density at radius 3 is 2.65 bits per heavy atom. The second-order valence-corrected chi connectivity index (χ2v) is 4.94. The maximum Gasteiger partial charge on any atom is 0.147 e. The SMILES string of the molecule is Nc1cc(Cl)c(Oc2cncc(Cl)c2)cc1Br. The second-order valence-electron chi connectivity index (χ2n) is 3.25. The van der Waals surface area contributed by atoms with Gasteiger partial charge in [0.15, 0.2) is 0 Å². The Hall–Kier alpha value is -0.970. The third-order valence-corrected chi connectivity index (χ3v) is 3.15. The van der Waals surface area contributed by atoms with Crippen LogP contribution in [0.4, 0.5) is 5.69 Å². The van der Waals surface area contributed by atoms with E-state index < -0.39 is 0 Å². The molecule has 1 aromatic heterocycles. The quantitative estimate of drug-likeness (QED) is 0.821. The van der Waals surface area contributed by atoms with Gasteiger partial charge in [0.05, 0.1) is 16.2 Å².